The van der Waals surface area contributed by atoms with Gasteiger partial charge in [-0.1, -0.05) is 24.3 Å². The predicted molar refractivity (Wildman–Crippen MR) is 65.0 cm³/mol. The third-order valence-corrected chi connectivity index (χ3v) is 2.61. The summed E-state index contributed by atoms with van der Waals surface area (Å²) < 4.78 is 0. The Labute approximate surface area is 99.5 Å². The number of hydrogen-bond acceptors (Lipinski definition) is 2. The van der Waals surface area contributed by atoms with E-state index in [1.54, 1.807) is 12.1 Å². The van der Waals surface area contributed by atoms with Crippen LogP contribution < -0.4 is 5.32 Å². The molecule has 1 aromatic carbocycles. The van der Waals surface area contributed by atoms with E-state index in [9.17, 15) is 9.59 Å². The molecule has 84 valence electrons. The Bertz CT molecular complexity index is 576. The number of amides is 1. The number of fused-ring (bicyclic) bond motifs is 1. The molecular weight excluding hydrogens is 214 g/mol. The van der Waals surface area contributed by atoms with Crippen molar-refractivity contribution in [3.05, 3.63) is 41.1 Å². The fraction of sp³-hybridized carbons (Fsp3) is 0.143. The van der Waals surface area contributed by atoms with Gasteiger partial charge >= 0.3 is 0 Å². The average Bonchev–Trinajstić information content (AvgIpc) is 2.55. The van der Waals surface area contributed by atoms with E-state index in [0.29, 0.717) is 17.7 Å². The number of nitrogens with one attached hydrogen (secondary N) is 1. The summed E-state index contributed by atoms with van der Waals surface area (Å²) in [6.45, 7) is 1.37. The summed E-state index contributed by atoms with van der Waals surface area (Å²) in [6.07, 6.45) is 5.63. The van der Waals surface area contributed by atoms with Gasteiger partial charge < -0.3 is 5.32 Å². The zero-order valence-corrected chi connectivity index (χ0v) is 9.41. The second-order valence-corrected chi connectivity index (χ2v) is 3.79. The van der Waals surface area contributed by atoms with Crippen molar-refractivity contribution in [1.29, 1.82) is 0 Å². The lowest BCUT2D eigenvalue weighted by Crippen LogP contribution is -2.23. The van der Waals surface area contributed by atoms with Gasteiger partial charge in [0.1, 0.15) is 0 Å². The topological polar surface area (TPSA) is 46.2 Å². The smallest absolute Gasteiger partial charge is 0.221 e. The highest BCUT2D eigenvalue weighted by atomic mass is 16.2. The highest BCUT2D eigenvalue weighted by Crippen LogP contribution is 2.33. The van der Waals surface area contributed by atoms with E-state index in [2.05, 4.69) is 11.2 Å². The van der Waals surface area contributed by atoms with Gasteiger partial charge in [-0.05, 0) is 11.1 Å². The Morgan fingerprint density at radius 1 is 1.35 bits per heavy atom. The molecule has 0 bridgehead atoms. The normalized spacial score (nSPS) is 13.3. The van der Waals surface area contributed by atoms with Crippen LogP contribution in [0.25, 0.3) is 5.57 Å². The van der Waals surface area contributed by atoms with Crippen LogP contribution in [0.1, 0.15) is 29.3 Å². The summed E-state index contributed by atoms with van der Waals surface area (Å²) in [4.78, 5) is 23.2. The van der Waals surface area contributed by atoms with Crippen LogP contribution in [0, 0.1) is 12.3 Å². The van der Waals surface area contributed by atoms with Gasteiger partial charge in [0.25, 0.3) is 0 Å². The molecule has 17 heavy (non-hydrogen) atoms. The summed E-state index contributed by atoms with van der Waals surface area (Å²) in [7, 11) is 0. The molecule has 0 aromatic heterocycles. The highest BCUT2D eigenvalue weighted by molar-refractivity contribution is 6.21. The largest absolute Gasteiger partial charge is 0.323 e. The maximum atomic E-state index is 12.1. The van der Waals surface area contributed by atoms with E-state index in [0.717, 1.165) is 11.1 Å². The van der Waals surface area contributed by atoms with Crippen molar-refractivity contribution >= 4 is 17.3 Å². The van der Waals surface area contributed by atoms with Crippen molar-refractivity contribution < 1.29 is 9.59 Å². The van der Waals surface area contributed by atoms with Crippen molar-refractivity contribution in [2.24, 2.45) is 0 Å². The van der Waals surface area contributed by atoms with Crippen molar-refractivity contribution in [2.75, 3.05) is 0 Å². The van der Waals surface area contributed by atoms with Crippen LogP contribution in [-0.4, -0.2) is 11.7 Å². The first kappa shape index (κ1) is 11.2. The van der Waals surface area contributed by atoms with Crippen LogP contribution in [-0.2, 0) is 4.79 Å². The summed E-state index contributed by atoms with van der Waals surface area (Å²) in [5, 5.41) is 2.57. The second-order valence-electron chi connectivity index (χ2n) is 3.79. The minimum absolute atomic E-state index is 0.166. The molecular formula is C14H11NO2. The molecule has 0 fully saturated rings. The minimum atomic E-state index is -0.268. The fourth-order valence-corrected chi connectivity index (χ4v) is 1.94. The van der Waals surface area contributed by atoms with Crippen molar-refractivity contribution in [1.82, 2.24) is 5.32 Å². The Balaban J connectivity index is 2.55. The maximum Gasteiger partial charge on any atom is 0.221 e. The first-order valence-corrected chi connectivity index (χ1v) is 5.23. The van der Waals surface area contributed by atoms with Gasteiger partial charge in [0.05, 0.1) is 5.70 Å². The lowest BCUT2D eigenvalue weighted by atomic mass is 10.0. The number of rotatable bonds is 2. The van der Waals surface area contributed by atoms with E-state index in [1.807, 2.05) is 12.1 Å². The lowest BCUT2D eigenvalue weighted by molar-refractivity contribution is -0.118. The van der Waals surface area contributed by atoms with Crippen LogP contribution >= 0.6 is 0 Å². The van der Waals surface area contributed by atoms with Crippen molar-refractivity contribution in [2.45, 2.75) is 13.3 Å². The van der Waals surface area contributed by atoms with Gasteiger partial charge in [-0.2, -0.15) is 0 Å². The molecule has 3 heteroatoms. The van der Waals surface area contributed by atoms with E-state index in [-0.39, 0.29) is 11.7 Å². The van der Waals surface area contributed by atoms with Crippen molar-refractivity contribution in [3.63, 3.8) is 0 Å². The number of ketones is 1. The summed E-state index contributed by atoms with van der Waals surface area (Å²) in [5.74, 6) is 2.08. The average molecular weight is 225 g/mol. The van der Waals surface area contributed by atoms with Crippen LogP contribution in [0.3, 0.4) is 0 Å². The zero-order chi connectivity index (χ0) is 12.4. The molecule has 0 heterocycles. The number of carbonyl (C=O) groups excluding carboxylic acids is 2. The molecule has 1 aromatic rings. The zero-order valence-electron chi connectivity index (χ0n) is 9.41. The Kier molecular flexibility index (Phi) is 2.80. The molecule has 1 amide bonds. The monoisotopic (exact) mass is 225 g/mol. The number of allylic oxidation sites excluding steroid dienone is 2. The maximum absolute atomic E-state index is 12.1. The van der Waals surface area contributed by atoms with Gasteiger partial charge in [-0.3, -0.25) is 9.59 Å². The molecule has 0 radical (unpaired) electrons. The number of terminal acetylenes is 1. The predicted octanol–water partition coefficient (Wildman–Crippen LogP) is 1.75. The van der Waals surface area contributed by atoms with Gasteiger partial charge in [-0.15, -0.1) is 12.3 Å². The Morgan fingerprint density at radius 2 is 2.00 bits per heavy atom. The molecule has 0 aliphatic heterocycles. The molecule has 3 nitrogen and oxygen atoms in total. The minimum Gasteiger partial charge on any atom is -0.323 e. The van der Waals surface area contributed by atoms with Gasteiger partial charge in [0.15, 0.2) is 0 Å². The van der Waals surface area contributed by atoms with Gasteiger partial charge in [0.2, 0.25) is 11.7 Å². The molecule has 0 spiro atoms. The van der Waals surface area contributed by atoms with E-state index in [4.69, 9.17) is 6.42 Å². The molecule has 0 unspecified atom stereocenters. The number of hydrogen-bond donors (Lipinski definition) is 1. The second kappa shape index (κ2) is 4.26. The van der Waals surface area contributed by atoms with E-state index >= 15 is 0 Å². The van der Waals surface area contributed by atoms with E-state index < -0.39 is 0 Å². The number of benzene rings is 1. The summed E-state index contributed by atoms with van der Waals surface area (Å²) in [5.41, 5.74) is 2.46. The first-order valence-electron chi connectivity index (χ1n) is 5.23. The van der Waals surface area contributed by atoms with Gasteiger partial charge in [-0.25, -0.2) is 0 Å². The number of carbonyl (C=O) groups is 2. The lowest BCUT2D eigenvalue weighted by Gasteiger charge is -2.04. The van der Waals surface area contributed by atoms with Crippen LogP contribution in [0.15, 0.2) is 30.0 Å². The number of Topliss-reactive ketones (excluding diaryl/α,β-unsaturated/α-hetero) is 1. The quantitative estimate of drug-likeness (QED) is 0.779. The molecule has 0 saturated heterocycles. The van der Waals surface area contributed by atoms with Crippen molar-refractivity contribution in [3.8, 4) is 12.3 Å². The summed E-state index contributed by atoms with van der Waals surface area (Å²) in [6, 6.07) is 7.22. The standard InChI is InChI=1S/C14H11NO2/c1-3-6-11-10-7-4-5-8-12(10)14(17)13(11)15-9(2)16/h1,4-5,7-8H,6H2,2H3,(H,15,16,17). The molecule has 1 aliphatic rings. The molecule has 1 N–H and O–H groups in total. The first-order chi connectivity index (χ1) is 8.15. The van der Waals surface area contributed by atoms with Gasteiger partial charge in [0, 0.05) is 18.9 Å². The molecule has 0 saturated carbocycles. The summed E-state index contributed by atoms with van der Waals surface area (Å²) >= 11 is 0. The van der Waals surface area contributed by atoms with Crippen LogP contribution in [0.2, 0.25) is 0 Å². The molecule has 1 aliphatic carbocycles. The molecule has 2 rings (SSSR count). The fourth-order valence-electron chi connectivity index (χ4n) is 1.94. The Morgan fingerprint density at radius 3 is 2.59 bits per heavy atom. The molecule has 0 atom stereocenters. The van der Waals surface area contributed by atoms with Crippen LogP contribution in [0.5, 0.6) is 0 Å². The Hall–Kier alpha value is -2.34. The van der Waals surface area contributed by atoms with Crippen LogP contribution in [0.4, 0.5) is 0 Å². The van der Waals surface area contributed by atoms with E-state index in [1.165, 1.54) is 6.92 Å². The highest BCUT2D eigenvalue weighted by Gasteiger charge is 2.29. The third-order valence-electron chi connectivity index (χ3n) is 2.61. The SMILES string of the molecule is C#CCC1=C(NC(C)=O)C(=O)c2ccccc21. The third kappa shape index (κ3) is 1.85.